The van der Waals surface area contributed by atoms with E-state index in [0.717, 1.165) is 37.5 Å². The van der Waals surface area contributed by atoms with Crippen LogP contribution >= 0.6 is 0 Å². The minimum atomic E-state index is -0.0162. The van der Waals surface area contributed by atoms with Gasteiger partial charge in [0.2, 0.25) is 5.91 Å². The summed E-state index contributed by atoms with van der Waals surface area (Å²) < 4.78 is 0. The van der Waals surface area contributed by atoms with Crippen molar-refractivity contribution in [3.63, 3.8) is 0 Å². The second kappa shape index (κ2) is 6.68. The lowest BCUT2D eigenvalue weighted by molar-refractivity contribution is -0.127. The summed E-state index contributed by atoms with van der Waals surface area (Å²) in [6, 6.07) is 0. The molecule has 0 bridgehead atoms. The summed E-state index contributed by atoms with van der Waals surface area (Å²) in [4.78, 5) is 12.5. The van der Waals surface area contributed by atoms with Crippen LogP contribution in [0, 0.1) is 23.2 Å². The van der Waals surface area contributed by atoms with Gasteiger partial charge >= 0.3 is 0 Å². The minimum absolute atomic E-state index is 0.0162. The van der Waals surface area contributed by atoms with Crippen LogP contribution in [0.25, 0.3) is 0 Å². The normalized spacial score (nSPS) is 35.2. The molecule has 0 radical (unpaired) electrons. The Morgan fingerprint density at radius 2 is 1.71 bits per heavy atom. The van der Waals surface area contributed by atoms with Crippen LogP contribution in [-0.4, -0.2) is 24.2 Å². The van der Waals surface area contributed by atoms with E-state index in [1.807, 2.05) is 0 Å². The molecule has 3 aliphatic carbocycles. The number of hydrogen-bond acceptors (Lipinski definition) is 2. The Kier molecular flexibility index (Phi) is 4.88. The summed E-state index contributed by atoms with van der Waals surface area (Å²) in [5.41, 5.74) is -0.0162. The second-order valence-corrected chi connectivity index (χ2v) is 7.90. The molecule has 3 rings (SSSR count). The SMILES string of the molecule is O=C(NCC1(CO)CCCC1)C1CCC2CCCCC2C1. The van der Waals surface area contributed by atoms with Crippen molar-refractivity contribution in [2.45, 2.75) is 70.6 Å². The predicted octanol–water partition coefficient (Wildman–Crippen LogP) is 3.26. The van der Waals surface area contributed by atoms with E-state index in [-0.39, 0.29) is 23.8 Å². The zero-order valence-electron chi connectivity index (χ0n) is 13.3. The van der Waals surface area contributed by atoms with E-state index >= 15 is 0 Å². The highest BCUT2D eigenvalue weighted by atomic mass is 16.3. The molecule has 3 nitrogen and oxygen atoms in total. The van der Waals surface area contributed by atoms with Crippen LogP contribution in [-0.2, 0) is 4.79 Å². The molecule has 0 saturated heterocycles. The van der Waals surface area contributed by atoms with Crippen LogP contribution in [0.5, 0.6) is 0 Å². The first-order chi connectivity index (χ1) is 10.2. The van der Waals surface area contributed by atoms with Crippen LogP contribution in [0.2, 0.25) is 0 Å². The number of rotatable bonds is 4. The zero-order chi connectivity index (χ0) is 14.7. The average Bonchev–Trinajstić information content (AvgIpc) is 3.01. The highest BCUT2D eigenvalue weighted by Crippen LogP contribution is 2.43. The number of fused-ring (bicyclic) bond motifs is 1. The fraction of sp³-hybridized carbons (Fsp3) is 0.944. The van der Waals surface area contributed by atoms with Crippen molar-refractivity contribution in [1.29, 1.82) is 0 Å². The lowest BCUT2D eigenvalue weighted by atomic mass is 9.67. The van der Waals surface area contributed by atoms with Crippen LogP contribution < -0.4 is 5.32 Å². The van der Waals surface area contributed by atoms with Crippen LogP contribution in [0.1, 0.15) is 70.6 Å². The molecule has 0 aromatic rings. The summed E-state index contributed by atoms with van der Waals surface area (Å²) >= 11 is 0. The number of hydrogen-bond donors (Lipinski definition) is 2. The van der Waals surface area contributed by atoms with Gasteiger partial charge in [-0.1, -0.05) is 38.5 Å². The number of carbonyl (C=O) groups is 1. The summed E-state index contributed by atoms with van der Waals surface area (Å²) in [5.74, 6) is 2.21. The third-order valence-electron chi connectivity index (χ3n) is 6.55. The van der Waals surface area contributed by atoms with Gasteiger partial charge in [-0.05, 0) is 43.9 Å². The molecular weight excluding hydrogens is 262 g/mol. The van der Waals surface area contributed by atoms with Gasteiger partial charge in [-0.25, -0.2) is 0 Å². The van der Waals surface area contributed by atoms with Crippen molar-refractivity contribution >= 4 is 5.91 Å². The van der Waals surface area contributed by atoms with E-state index in [0.29, 0.717) is 6.54 Å². The number of carbonyl (C=O) groups excluding carboxylic acids is 1. The van der Waals surface area contributed by atoms with Gasteiger partial charge in [0.25, 0.3) is 0 Å². The van der Waals surface area contributed by atoms with E-state index < -0.39 is 0 Å². The van der Waals surface area contributed by atoms with Gasteiger partial charge in [0.1, 0.15) is 0 Å². The Hall–Kier alpha value is -0.570. The van der Waals surface area contributed by atoms with E-state index in [9.17, 15) is 9.90 Å². The Bertz CT molecular complexity index is 362. The minimum Gasteiger partial charge on any atom is -0.396 e. The monoisotopic (exact) mass is 293 g/mol. The number of aliphatic hydroxyl groups is 1. The molecule has 1 amide bonds. The molecular formula is C18H31NO2. The van der Waals surface area contributed by atoms with Crippen LogP contribution in [0.3, 0.4) is 0 Å². The summed E-state index contributed by atoms with van der Waals surface area (Å²) in [5, 5.41) is 12.8. The smallest absolute Gasteiger partial charge is 0.223 e. The van der Waals surface area contributed by atoms with Crippen molar-refractivity contribution in [3.8, 4) is 0 Å². The first-order valence-corrected chi connectivity index (χ1v) is 9.11. The lowest BCUT2D eigenvalue weighted by Gasteiger charge is -2.39. The first kappa shape index (κ1) is 15.3. The summed E-state index contributed by atoms with van der Waals surface area (Å²) in [7, 11) is 0. The van der Waals surface area contributed by atoms with Gasteiger partial charge in [-0.2, -0.15) is 0 Å². The van der Waals surface area contributed by atoms with E-state index in [1.54, 1.807) is 0 Å². The van der Waals surface area contributed by atoms with Gasteiger partial charge in [0, 0.05) is 17.9 Å². The number of aliphatic hydroxyl groups excluding tert-OH is 1. The maximum Gasteiger partial charge on any atom is 0.223 e. The molecule has 3 atom stereocenters. The lowest BCUT2D eigenvalue weighted by Crippen LogP contribution is -2.43. The number of nitrogens with one attached hydrogen (secondary N) is 1. The highest BCUT2D eigenvalue weighted by Gasteiger charge is 2.37. The maximum atomic E-state index is 12.5. The van der Waals surface area contributed by atoms with Crippen molar-refractivity contribution < 1.29 is 9.90 Å². The third-order valence-corrected chi connectivity index (χ3v) is 6.55. The van der Waals surface area contributed by atoms with Gasteiger partial charge in [0.15, 0.2) is 0 Å². The van der Waals surface area contributed by atoms with Crippen LogP contribution in [0.15, 0.2) is 0 Å². The molecule has 3 unspecified atom stereocenters. The molecule has 3 saturated carbocycles. The Morgan fingerprint density at radius 1 is 1.00 bits per heavy atom. The van der Waals surface area contributed by atoms with Crippen molar-refractivity contribution in [1.82, 2.24) is 5.32 Å². The summed E-state index contributed by atoms with van der Waals surface area (Å²) in [6.07, 6.45) is 13.5. The highest BCUT2D eigenvalue weighted by molar-refractivity contribution is 5.78. The van der Waals surface area contributed by atoms with Gasteiger partial charge < -0.3 is 10.4 Å². The second-order valence-electron chi connectivity index (χ2n) is 7.90. The van der Waals surface area contributed by atoms with E-state index in [4.69, 9.17) is 0 Å². The van der Waals surface area contributed by atoms with E-state index in [2.05, 4.69) is 5.32 Å². The van der Waals surface area contributed by atoms with Crippen molar-refractivity contribution in [2.24, 2.45) is 23.2 Å². The van der Waals surface area contributed by atoms with Gasteiger partial charge in [-0.15, -0.1) is 0 Å². The van der Waals surface area contributed by atoms with Crippen molar-refractivity contribution in [3.05, 3.63) is 0 Å². The predicted molar refractivity (Wildman–Crippen MR) is 83.8 cm³/mol. The standard InChI is InChI=1S/C18H31NO2/c20-13-18(9-3-4-10-18)12-19-17(21)16-8-7-14-5-1-2-6-15(14)11-16/h14-16,20H,1-13H2,(H,19,21). The fourth-order valence-electron chi connectivity index (χ4n) is 5.05. The Balaban J connectivity index is 1.49. The molecule has 0 aromatic carbocycles. The molecule has 2 N–H and O–H groups in total. The molecule has 3 fully saturated rings. The molecule has 0 spiro atoms. The molecule has 3 heteroatoms. The fourth-order valence-corrected chi connectivity index (χ4v) is 5.05. The molecule has 0 aliphatic heterocycles. The molecule has 0 aromatic heterocycles. The third kappa shape index (κ3) is 3.44. The molecule has 21 heavy (non-hydrogen) atoms. The largest absolute Gasteiger partial charge is 0.396 e. The van der Waals surface area contributed by atoms with E-state index in [1.165, 1.54) is 44.9 Å². The Labute approximate surface area is 128 Å². The average molecular weight is 293 g/mol. The quantitative estimate of drug-likeness (QED) is 0.836. The van der Waals surface area contributed by atoms with Gasteiger partial charge in [0.05, 0.1) is 6.61 Å². The maximum absolute atomic E-state index is 12.5. The van der Waals surface area contributed by atoms with Gasteiger partial charge in [-0.3, -0.25) is 4.79 Å². The Morgan fingerprint density at radius 3 is 2.43 bits per heavy atom. The zero-order valence-corrected chi connectivity index (χ0v) is 13.3. The number of amides is 1. The summed E-state index contributed by atoms with van der Waals surface area (Å²) in [6.45, 7) is 0.912. The molecule has 3 aliphatic rings. The molecule has 0 heterocycles. The van der Waals surface area contributed by atoms with Crippen molar-refractivity contribution in [2.75, 3.05) is 13.2 Å². The molecule has 120 valence electrons. The topological polar surface area (TPSA) is 49.3 Å². The van der Waals surface area contributed by atoms with Crippen LogP contribution in [0.4, 0.5) is 0 Å². The first-order valence-electron chi connectivity index (χ1n) is 9.11.